The van der Waals surface area contributed by atoms with Gasteiger partial charge in [-0.1, -0.05) is 30.3 Å². The van der Waals surface area contributed by atoms with E-state index in [0.717, 1.165) is 9.87 Å². The van der Waals surface area contributed by atoms with Gasteiger partial charge in [0.1, 0.15) is 0 Å². The van der Waals surface area contributed by atoms with E-state index in [9.17, 15) is 8.42 Å². The Kier molecular flexibility index (Phi) is 5.07. The average Bonchev–Trinajstić information content (AvgIpc) is 2.23. The molecule has 0 aliphatic heterocycles. The van der Waals surface area contributed by atoms with Crippen LogP contribution < -0.4 is 0 Å². The van der Waals surface area contributed by atoms with Crippen LogP contribution in [-0.4, -0.2) is 41.6 Å². The Morgan fingerprint density at radius 1 is 1.29 bits per heavy atom. The molecule has 96 valence electrons. The van der Waals surface area contributed by atoms with E-state index in [-0.39, 0.29) is 13.1 Å². The second kappa shape index (κ2) is 6.11. The monoisotopic (exact) mass is 259 g/mol. The van der Waals surface area contributed by atoms with Gasteiger partial charge in [0.15, 0.2) is 0 Å². The standard InChI is InChI=1S/C11H17NO4S/c1-10(13)9-12(17(14,15)16)8-7-11-5-3-2-4-6-11/h2-6,10,13H,7-9H2,1H3,(H,14,15,16)/t10-/m1/s1. The van der Waals surface area contributed by atoms with E-state index < -0.39 is 16.4 Å². The first-order valence-corrected chi connectivity index (χ1v) is 6.74. The fraction of sp³-hybridized carbons (Fsp3) is 0.455. The van der Waals surface area contributed by atoms with Crippen LogP contribution in [0, 0.1) is 0 Å². The van der Waals surface area contributed by atoms with E-state index >= 15 is 0 Å². The third-order valence-corrected chi connectivity index (χ3v) is 3.27. The van der Waals surface area contributed by atoms with Crippen molar-refractivity contribution in [2.24, 2.45) is 0 Å². The number of benzene rings is 1. The molecule has 1 atom stereocenters. The topological polar surface area (TPSA) is 77.8 Å². The minimum Gasteiger partial charge on any atom is -0.392 e. The molecule has 0 heterocycles. The van der Waals surface area contributed by atoms with Crippen LogP contribution in [0.25, 0.3) is 0 Å². The van der Waals surface area contributed by atoms with Crippen molar-refractivity contribution in [1.82, 2.24) is 4.31 Å². The highest BCUT2D eigenvalue weighted by Gasteiger charge is 2.20. The molecular formula is C11H17NO4S. The SMILES string of the molecule is C[C@@H](O)CN(CCc1ccccc1)S(=O)(=O)O. The van der Waals surface area contributed by atoms with Crippen LogP contribution in [0.5, 0.6) is 0 Å². The molecule has 1 aromatic carbocycles. The molecule has 0 spiro atoms. The maximum Gasteiger partial charge on any atom is 0.336 e. The van der Waals surface area contributed by atoms with E-state index in [2.05, 4.69) is 0 Å². The molecule has 17 heavy (non-hydrogen) atoms. The number of aliphatic hydroxyl groups excluding tert-OH is 1. The van der Waals surface area contributed by atoms with Gasteiger partial charge in [0.2, 0.25) is 0 Å². The fourth-order valence-electron chi connectivity index (χ4n) is 1.49. The highest BCUT2D eigenvalue weighted by atomic mass is 32.2. The summed E-state index contributed by atoms with van der Waals surface area (Å²) in [7, 11) is -4.26. The van der Waals surface area contributed by atoms with E-state index in [1.165, 1.54) is 6.92 Å². The quantitative estimate of drug-likeness (QED) is 0.738. The lowest BCUT2D eigenvalue weighted by Crippen LogP contribution is -2.37. The van der Waals surface area contributed by atoms with Crippen molar-refractivity contribution in [3.05, 3.63) is 35.9 Å². The first kappa shape index (κ1) is 14.1. The zero-order chi connectivity index (χ0) is 12.9. The molecule has 0 unspecified atom stereocenters. The first-order valence-electron chi connectivity index (χ1n) is 5.34. The summed E-state index contributed by atoms with van der Waals surface area (Å²) in [6, 6.07) is 9.36. The van der Waals surface area contributed by atoms with Gasteiger partial charge >= 0.3 is 10.3 Å². The van der Waals surface area contributed by atoms with Gasteiger partial charge < -0.3 is 5.11 Å². The fourth-order valence-corrected chi connectivity index (χ4v) is 2.22. The first-order chi connectivity index (χ1) is 7.89. The third-order valence-electron chi connectivity index (χ3n) is 2.29. The third kappa shape index (κ3) is 5.27. The molecule has 0 aliphatic rings. The van der Waals surface area contributed by atoms with Gasteiger partial charge in [-0.25, -0.2) is 0 Å². The molecule has 0 bridgehead atoms. The van der Waals surface area contributed by atoms with E-state index in [1.807, 2.05) is 30.3 Å². The van der Waals surface area contributed by atoms with Crippen LogP contribution in [0.15, 0.2) is 30.3 Å². The Morgan fingerprint density at radius 2 is 1.88 bits per heavy atom. The summed E-state index contributed by atoms with van der Waals surface area (Å²) in [6.07, 6.45) is -0.319. The molecule has 0 amide bonds. The summed E-state index contributed by atoms with van der Waals surface area (Å²) in [5.41, 5.74) is 0.978. The molecule has 6 heteroatoms. The Balaban J connectivity index is 2.62. The van der Waals surface area contributed by atoms with Gasteiger partial charge in [-0.15, -0.1) is 0 Å². The molecule has 5 nitrogen and oxygen atoms in total. The van der Waals surface area contributed by atoms with Crippen LogP contribution in [0.2, 0.25) is 0 Å². The molecular weight excluding hydrogens is 242 g/mol. The zero-order valence-electron chi connectivity index (χ0n) is 9.65. The lowest BCUT2D eigenvalue weighted by atomic mass is 10.1. The van der Waals surface area contributed by atoms with Gasteiger partial charge in [0.25, 0.3) is 0 Å². The van der Waals surface area contributed by atoms with Crippen molar-refractivity contribution >= 4 is 10.3 Å². The van der Waals surface area contributed by atoms with Gasteiger partial charge in [-0.3, -0.25) is 4.55 Å². The Bertz CT molecular complexity index is 430. The van der Waals surface area contributed by atoms with Crippen molar-refractivity contribution in [3.63, 3.8) is 0 Å². The molecule has 0 aromatic heterocycles. The number of hydrogen-bond donors (Lipinski definition) is 2. The van der Waals surface area contributed by atoms with Gasteiger partial charge in [-0.2, -0.15) is 12.7 Å². The number of hydrogen-bond acceptors (Lipinski definition) is 3. The van der Waals surface area contributed by atoms with Crippen molar-refractivity contribution in [2.45, 2.75) is 19.4 Å². The van der Waals surface area contributed by atoms with Gasteiger partial charge in [0, 0.05) is 13.1 Å². The van der Waals surface area contributed by atoms with Crippen molar-refractivity contribution in [2.75, 3.05) is 13.1 Å². The second-order valence-electron chi connectivity index (χ2n) is 3.92. The summed E-state index contributed by atoms with van der Waals surface area (Å²) in [5, 5.41) is 9.17. The molecule has 0 saturated carbocycles. The van der Waals surface area contributed by atoms with Crippen LogP contribution in [-0.2, 0) is 16.7 Å². The second-order valence-corrected chi connectivity index (χ2v) is 5.33. The summed E-state index contributed by atoms with van der Waals surface area (Å²) >= 11 is 0. The lowest BCUT2D eigenvalue weighted by Gasteiger charge is -2.19. The van der Waals surface area contributed by atoms with Crippen molar-refractivity contribution in [1.29, 1.82) is 0 Å². The number of nitrogens with zero attached hydrogens (tertiary/aromatic N) is 1. The number of aliphatic hydroxyl groups is 1. The van der Waals surface area contributed by atoms with Crippen LogP contribution in [0.4, 0.5) is 0 Å². The lowest BCUT2D eigenvalue weighted by molar-refractivity contribution is 0.159. The smallest absolute Gasteiger partial charge is 0.336 e. The van der Waals surface area contributed by atoms with Crippen LogP contribution in [0.3, 0.4) is 0 Å². The molecule has 0 radical (unpaired) electrons. The van der Waals surface area contributed by atoms with Gasteiger partial charge in [0.05, 0.1) is 6.10 Å². The molecule has 0 fully saturated rings. The largest absolute Gasteiger partial charge is 0.392 e. The molecule has 1 aromatic rings. The van der Waals surface area contributed by atoms with E-state index in [1.54, 1.807) is 0 Å². The van der Waals surface area contributed by atoms with Crippen LogP contribution in [0.1, 0.15) is 12.5 Å². The Hall–Kier alpha value is -0.950. The number of rotatable bonds is 6. The minimum atomic E-state index is -4.26. The molecule has 2 N–H and O–H groups in total. The molecule has 1 rings (SSSR count). The van der Waals surface area contributed by atoms with Crippen LogP contribution >= 0.6 is 0 Å². The van der Waals surface area contributed by atoms with Crippen molar-refractivity contribution < 1.29 is 18.1 Å². The highest BCUT2D eigenvalue weighted by molar-refractivity contribution is 7.83. The maximum absolute atomic E-state index is 11.1. The summed E-state index contributed by atoms with van der Waals surface area (Å²) < 4.78 is 32.0. The predicted molar refractivity (Wildman–Crippen MR) is 64.9 cm³/mol. The van der Waals surface area contributed by atoms with Crippen molar-refractivity contribution in [3.8, 4) is 0 Å². The average molecular weight is 259 g/mol. The summed E-state index contributed by atoms with van der Waals surface area (Å²) in [6.45, 7) is 1.51. The van der Waals surface area contributed by atoms with Gasteiger partial charge in [-0.05, 0) is 18.9 Å². The van der Waals surface area contributed by atoms with E-state index in [4.69, 9.17) is 9.66 Å². The predicted octanol–water partition coefficient (Wildman–Crippen LogP) is 0.715. The molecule has 0 saturated heterocycles. The minimum absolute atomic E-state index is 0.105. The Labute approximate surface area is 102 Å². The summed E-state index contributed by atoms with van der Waals surface area (Å²) in [4.78, 5) is 0. The molecule has 0 aliphatic carbocycles. The highest BCUT2D eigenvalue weighted by Crippen LogP contribution is 2.05. The summed E-state index contributed by atoms with van der Waals surface area (Å²) in [5.74, 6) is 0. The van der Waals surface area contributed by atoms with E-state index in [0.29, 0.717) is 6.42 Å². The normalized spacial score (nSPS) is 13.9. The zero-order valence-corrected chi connectivity index (χ0v) is 10.5. The Morgan fingerprint density at radius 3 is 2.35 bits per heavy atom. The maximum atomic E-state index is 11.1.